The highest BCUT2D eigenvalue weighted by Crippen LogP contribution is 2.37. The molecule has 3 heteroatoms. The molecule has 14 heavy (non-hydrogen) atoms. The van der Waals surface area contributed by atoms with Gasteiger partial charge < -0.3 is 9.73 Å². The van der Waals surface area contributed by atoms with Crippen LogP contribution < -0.4 is 5.32 Å². The largest absolute Gasteiger partial charge is 0.445 e. The number of aromatic nitrogens is 1. The first-order valence-electron chi connectivity index (χ1n) is 5.60. The maximum Gasteiger partial charge on any atom is 0.197 e. The highest BCUT2D eigenvalue weighted by atomic mass is 16.4. The van der Waals surface area contributed by atoms with Gasteiger partial charge in [-0.3, -0.25) is 0 Å². The van der Waals surface area contributed by atoms with E-state index in [1.807, 2.05) is 6.20 Å². The molecule has 2 fully saturated rings. The number of rotatable bonds is 2. The molecule has 0 radical (unpaired) electrons. The van der Waals surface area contributed by atoms with Crippen LogP contribution in [0.15, 0.2) is 10.6 Å². The average Bonchev–Trinajstić information content (AvgIpc) is 2.65. The van der Waals surface area contributed by atoms with Crippen LogP contribution in [-0.4, -0.2) is 18.1 Å². The van der Waals surface area contributed by atoms with E-state index in [0.717, 1.165) is 24.7 Å². The lowest BCUT2D eigenvalue weighted by atomic mass is 9.85. The van der Waals surface area contributed by atoms with Gasteiger partial charge in [-0.25, -0.2) is 4.98 Å². The topological polar surface area (TPSA) is 38.1 Å². The van der Waals surface area contributed by atoms with E-state index < -0.39 is 0 Å². The summed E-state index contributed by atoms with van der Waals surface area (Å²) in [5.41, 5.74) is 0. The highest BCUT2D eigenvalue weighted by Gasteiger charge is 2.26. The smallest absolute Gasteiger partial charge is 0.197 e. The van der Waals surface area contributed by atoms with Gasteiger partial charge >= 0.3 is 0 Å². The van der Waals surface area contributed by atoms with Crippen molar-refractivity contribution in [3.8, 4) is 0 Å². The molecular weight excluding hydrogens is 176 g/mol. The molecule has 76 valence electrons. The van der Waals surface area contributed by atoms with Crippen LogP contribution in [0.2, 0.25) is 0 Å². The third-order valence-electron chi connectivity index (χ3n) is 3.46. The van der Waals surface area contributed by atoms with Gasteiger partial charge in [0.15, 0.2) is 5.89 Å². The summed E-state index contributed by atoms with van der Waals surface area (Å²) in [5.74, 6) is 3.27. The monoisotopic (exact) mass is 192 g/mol. The molecule has 0 aromatic carbocycles. The van der Waals surface area contributed by atoms with Crippen LogP contribution in [0.3, 0.4) is 0 Å². The predicted molar refractivity (Wildman–Crippen MR) is 53.3 cm³/mol. The summed E-state index contributed by atoms with van der Waals surface area (Å²) in [5, 5.41) is 3.35. The second-order valence-electron chi connectivity index (χ2n) is 4.42. The predicted octanol–water partition coefficient (Wildman–Crippen LogP) is 2.02. The molecule has 1 aliphatic heterocycles. The molecule has 1 N–H and O–H groups in total. The molecule has 1 aromatic heterocycles. The van der Waals surface area contributed by atoms with E-state index in [9.17, 15) is 0 Å². The Hall–Kier alpha value is -0.830. The van der Waals surface area contributed by atoms with Crippen LogP contribution >= 0.6 is 0 Å². The molecule has 3 rings (SSSR count). The average molecular weight is 192 g/mol. The second-order valence-corrected chi connectivity index (χ2v) is 4.42. The fourth-order valence-corrected chi connectivity index (χ4v) is 2.23. The Labute approximate surface area is 83.9 Å². The molecule has 1 saturated carbocycles. The van der Waals surface area contributed by atoms with Crippen molar-refractivity contribution in [2.24, 2.45) is 0 Å². The fraction of sp³-hybridized carbons (Fsp3) is 0.727. The number of hydrogen-bond acceptors (Lipinski definition) is 3. The van der Waals surface area contributed by atoms with Gasteiger partial charge in [0.1, 0.15) is 5.76 Å². The Morgan fingerprint density at radius 1 is 1.29 bits per heavy atom. The van der Waals surface area contributed by atoms with Crippen LogP contribution in [0.5, 0.6) is 0 Å². The zero-order chi connectivity index (χ0) is 9.38. The third-order valence-corrected chi connectivity index (χ3v) is 3.46. The molecule has 3 nitrogen and oxygen atoms in total. The normalized spacial score (nSPS) is 27.9. The van der Waals surface area contributed by atoms with Gasteiger partial charge in [0.05, 0.1) is 6.20 Å². The molecule has 0 bridgehead atoms. The molecule has 2 heterocycles. The Morgan fingerprint density at radius 2 is 2.21 bits per heavy atom. The van der Waals surface area contributed by atoms with Crippen LogP contribution in [0.25, 0.3) is 0 Å². The molecule has 1 atom stereocenters. The van der Waals surface area contributed by atoms with Gasteiger partial charge in [0.25, 0.3) is 0 Å². The van der Waals surface area contributed by atoms with E-state index in [1.54, 1.807) is 0 Å². The number of nitrogens with zero attached hydrogens (tertiary/aromatic N) is 1. The second kappa shape index (κ2) is 3.39. The van der Waals surface area contributed by atoms with Gasteiger partial charge in [-0.15, -0.1) is 0 Å². The van der Waals surface area contributed by atoms with Crippen molar-refractivity contribution in [2.45, 2.75) is 37.5 Å². The lowest BCUT2D eigenvalue weighted by Gasteiger charge is -2.21. The minimum atomic E-state index is 0.566. The lowest BCUT2D eigenvalue weighted by Crippen LogP contribution is -2.09. The summed E-state index contributed by atoms with van der Waals surface area (Å²) in [6.45, 7) is 2.17. The van der Waals surface area contributed by atoms with E-state index in [4.69, 9.17) is 4.42 Å². The van der Waals surface area contributed by atoms with Crippen LogP contribution in [0.4, 0.5) is 0 Å². The maximum atomic E-state index is 5.82. The summed E-state index contributed by atoms with van der Waals surface area (Å²) in [6, 6.07) is 0. The van der Waals surface area contributed by atoms with Crippen molar-refractivity contribution in [1.82, 2.24) is 10.3 Å². The Bertz CT molecular complexity index is 311. The van der Waals surface area contributed by atoms with E-state index in [-0.39, 0.29) is 0 Å². The molecule has 1 aliphatic carbocycles. The SMILES string of the molecule is c1nc(C2CCC2)oc1C1CCNC1. The van der Waals surface area contributed by atoms with Crippen molar-refractivity contribution in [3.05, 3.63) is 17.8 Å². The summed E-state index contributed by atoms with van der Waals surface area (Å²) in [7, 11) is 0. The zero-order valence-corrected chi connectivity index (χ0v) is 8.33. The van der Waals surface area contributed by atoms with Crippen LogP contribution in [0.1, 0.15) is 49.2 Å². The fourth-order valence-electron chi connectivity index (χ4n) is 2.23. The zero-order valence-electron chi connectivity index (χ0n) is 8.33. The first kappa shape index (κ1) is 8.48. The van der Waals surface area contributed by atoms with Gasteiger partial charge in [-0.2, -0.15) is 0 Å². The van der Waals surface area contributed by atoms with Crippen molar-refractivity contribution in [1.29, 1.82) is 0 Å². The highest BCUT2D eigenvalue weighted by molar-refractivity contribution is 5.08. The molecule has 0 amide bonds. The van der Waals surface area contributed by atoms with Crippen LogP contribution in [-0.2, 0) is 0 Å². The van der Waals surface area contributed by atoms with E-state index >= 15 is 0 Å². The molecule has 1 aromatic rings. The third kappa shape index (κ3) is 1.36. The van der Waals surface area contributed by atoms with Gasteiger partial charge in [-0.05, 0) is 25.8 Å². The summed E-state index contributed by atoms with van der Waals surface area (Å²) in [6.07, 6.45) is 7.00. The van der Waals surface area contributed by atoms with Crippen molar-refractivity contribution >= 4 is 0 Å². The molecule has 1 unspecified atom stereocenters. The van der Waals surface area contributed by atoms with E-state index in [1.165, 1.54) is 25.7 Å². The Balaban J connectivity index is 1.75. The van der Waals surface area contributed by atoms with E-state index in [0.29, 0.717) is 11.8 Å². The molecule has 0 spiro atoms. The Kier molecular flexibility index (Phi) is 2.05. The van der Waals surface area contributed by atoms with Gasteiger partial charge in [0, 0.05) is 18.4 Å². The first-order valence-corrected chi connectivity index (χ1v) is 5.60. The number of nitrogens with one attached hydrogen (secondary N) is 1. The number of hydrogen-bond donors (Lipinski definition) is 1. The van der Waals surface area contributed by atoms with Crippen molar-refractivity contribution < 1.29 is 4.42 Å². The standard InChI is InChI=1S/C11H16N2O/c1-2-8(3-1)11-13-7-10(14-11)9-4-5-12-6-9/h7-9,12H,1-6H2. The van der Waals surface area contributed by atoms with Gasteiger partial charge in [-0.1, -0.05) is 6.42 Å². The summed E-state index contributed by atoms with van der Waals surface area (Å²) in [4.78, 5) is 4.39. The Morgan fingerprint density at radius 3 is 2.86 bits per heavy atom. The lowest BCUT2D eigenvalue weighted by molar-refractivity contribution is 0.319. The molecule has 2 aliphatic rings. The molecular formula is C11H16N2O. The summed E-state index contributed by atoms with van der Waals surface area (Å²) >= 11 is 0. The van der Waals surface area contributed by atoms with Crippen molar-refractivity contribution in [2.75, 3.05) is 13.1 Å². The minimum Gasteiger partial charge on any atom is -0.445 e. The van der Waals surface area contributed by atoms with Crippen molar-refractivity contribution in [3.63, 3.8) is 0 Å². The van der Waals surface area contributed by atoms with Gasteiger partial charge in [0.2, 0.25) is 0 Å². The first-order chi connectivity index (χ1) is 6.93. The number of oxazole rings is 1. The molecule has 1 saturated heterocycles. The van der Waals surface area contributed by atoms with E-state index in [2.05, 4.69) is 10.3 Å². The minimum absolute atomic E-state index is 0.566. The quantitative estimate of drug-likeness (QED) is 0.779. The maximum absolute atomic E-state index is 5.82. The summed E-state index contributed by atoms with van der Waals surface area (Å²) < 4.78 is 5.82. The van der Waals surface area contributed by atoms with Crippen LogP contribution in [0, 0.1) is 0 Å².